The molecule has 47 heavy (non-hydrogen) atoms. The Bertz CT molecular complexity index is 1850. The molecule has 1 N–H and O–H groups in total. The summed E-state index contributed by atoms with van der Waals surface area (Å²) in [5.74, 6) is -0.606. The molecule has 13 heteroatoms. The molecule has 0 aliphatic heterocycles. The van der Waals surface area contributed by atoms with Crippen molar-refractivity contribution >= 4 is 39.9 Å². The van der Waals surface area contributed by atoms with Gasteiger partial charge in [-0.2, -0.15) is 0 Å². The SMILES string of the molecule is Cc1cc([Se]C(Cc2ccc(-c3ccc(C(F)(F)F)cc3)nc2)c2[se]c(-c3ccc(C(F)(F)F)cc3)nc2C)ccc1OCC(=O)O. The van der Waals surface area contributed by atoms with E-state index in [9.17, 15) is 31.1 Å². The van der Waals surface area contributed by atoms with E-state index in [2.05, 4.69) is 4.98 Å². The summed E-state index contributed by atoms with van der Waals surface area (Å²) < 4.78 is 86.7. The number of rotatable bonds is 10. The van der Waals surface area contributed by atoms with Crippen molar-refractivity contribution in [3.8, 4) is 27.1 Å². The van der Waals surface area contributed by atoms with Gasteiger partial charge in [0.2, 0.25) is 0 Å². The fraction of sp³-hybridized carbons (Fsp3) is 0.206. The van der Waals surface area contributed by atoms with Crippen molar-refractivity contribution < 1.29 is 41.0 Å². The third-order valence-electron chi connectivity index (χ3n) is 7.11. The average molecular weight is 783 g/mol. The second-order valence-electron chi connectivity index (χ2n) is 10.6. The van der Waals surface area contributed by atoms with Crippen molar-refractivity contribution in [3.05, 3.63) is 117 Å². The van der Waals surface area contributed by atoms with Crippen molar-refractivity contribution in [2.75, 3.05) is 6.61 Å². The van der Waals surface area contributed by atoms with Crippen LogP contribution in [0.25, 0.3) is 21.4 Å². The van der Waals surface area contributed by atoms with Crippen LogP contribution in [0.3, 0.4) is 0 Å². The number of carboxylic acid groups (broad SMARTS) is 1. The summed E-state index contributed by atoms with van der Waals surface area (Å²) in [6.07, 6.45) is -6.57. The molecule has 0 radical (unpaired) electrons. The second kappa shape index (κ2) is 14.1. The van der Waals surface area contributed by atoms with Crippen LogP contribution in [-0.4, -0.2) is 57.1 Å². The molecule has 0 aliphatic rings. The van der Waals surface area contributed by atoms with Crippen LogP contribution in [0.4, 0.5) is 26.3 Å². The van der Waals surface area contributed by atoms with Crippen LogP contribution in [0, 0.1) is 13.8 Å². The Balaban J connectivity index is 1.43. The first-order valence-corrected chi connectivity index (χ1v) is 17.6. The van der Waals surface area contributed by atoms with Gasteiger partial charge in [0.1, 0.15) is 0 Å². The van der Waals surface area contributed by atoms with Gasteiger partial charge >= 0.3 is 279 Å². The molecular formula is C34H26F6N2O3Se2. The predicted molar refractivity (Wildman–Crippen MR) is 167 cm³/mol. The molecule has 244 valence electrons. The summed E-state index contributed by atoms with van der Waals surface area (Å²) in [4.78, 5) is 20.3. The summed E-state index contributed by atoms with van der Waals surface area (Å²) in [5.41, 5.74) is 2.78. The molecule has 0 saturated carbocycles. The van der Waals surface area contributed by atoms with Crippen molar-refractivity contribution in [1.82, 2.24) is 9.97 Å². The van der Waals surface area contributed by atoms with Gasteiger partial charge in [0.15, 0.2) is 0 Å². The van der Waals surface area contributed by atoms with Crippen LogP contribution in [-0.2, 0) is 23.6 Å². The second-order valence-corrected chi connectivity index (χ2v) is 15.4. The molecule has 1 unspecified atom stereocenters. The van der Waals surface area contributed by atoms with Gasteiger partial charge in [-0.05, 0) is 0 Å². The summed E-state index contributed by atoms with van der Waals surface area (Å²) in [5, 5.41) is 8.97. The van der Waals surface area contributed by atoms with Gasteiger partial charge in [0.25, 0.3) is 0 Å². The predicted octanol–water partition coefficient (Wildman–Crippen LogP) is 7.30. The van der Waals surface area contributed by atoms with Crippen LogP contribution in [0.5, 0.6) is 5.75 Å². The number of carboxylic acids is 1. The maximum atomic E-state index is 13.1. The molecule has 2 aromatic heterocycles. The third kappa shape index (κ3) is 8.73. The van der Waals surface area contributed by atoms with Gasteiger partial charge in [0, 0.05) is 0 Å². The first kappa shape index (κ1) is 34.4. The van der Waals surface area contributed by atoms with E-state index in [0.29, 0.717) is 29.0 Å². The standard InChI is InChI=1S/C34H26F6N2O3Se2/c1-19-15-26(12-14-28(19)45-18-30(43)44)46-29(31-20(2)42-32(47-31)23-6-10-25(11-7-23)34(38,39)40)16-21-3-13-27(41-17-21)22-4-8-24(9-5-22)33(35,36)37/h3-15,17,29H,16,18H2,1-2H3,(H,43,44). The fourth-order valence-corrected chi connectivity index (χ4v) is 10.7. The minimum atomic E-state index is -4.43. The van der Waals surface area contributed by atoms with E-state index >= 15 is 0 Å². The Morgan fingerprint density at radius 2 is 1.49 bits per heavy atom. The number of aryl methyl sites for hydroxylation is 2. The zero-order chi connectivity index (χ0) is 33.9. The van der Waals surface area contributed by atoms with Gasteiger partial charge in [-0.25, -0.2) is 0 Å². The number of aromatic nitrogens is 2. The van der Waals surface area contributed by atoms with Crippen molar-refractivity contribution in [3.63, 3.8) is 0 Å². The normalized spacial score (nSPS) is 12.6. The van der Waals surface area contributed by atoms with Gasteiger partial charge in [0.05, 0.1) is 0 Å². The fourth-order valence-electron chi connectivity index (χ4n) is 4.74. The topological polar surface area (TPSA) is 72.3 Å². The Morgan fingerprint density at radius 3 is 2.02 bits per heavy atom. The average Bonchev–Trinajstić information content (AvgIpc) is 3.41. The number of pyridine rings is 1. The van der Waals surface area contributed by atoms with Gasteiger partial charge in [-0.15, -0.1) is 0 Å². The molecule has 5 rings (SSSR count). The van der Waals surface area contributed by atoms with Crippen LogP contribution >= 0.6 is 0 Å². The summed E-state index contributed by atoms with van der Waals surface area (Å²) in [7, 11) is 0. The Labute approximate surface area is 278 Å². The van der Waals surface area contributed by atoms with Crippen molar-refractivity contribution in [2.45, 2.75) is 37.4 Å². The number of aliphatic carboxylic acids is 1. The quantitative estimate of drug-likeness (QED) is 0.119. The van der Waals surface area contributed by atoms with E-state index in [4.69, 9.17) is 14.8 Å². The number of halogens is 6. The molecule has 0 saturated heterocycles. The molecule has 0 amide bonds. The molecule has 1 atom stereocenters. The van der Waals surface area contributed by atoms with Crippen LogP contribution in [0.1, 0.15) is 37.2 Å². The van der Waals surface area contributed by atoms with Crippen molar-refractivity contribution in [2.24, 2.45) is 0 Å². The van der Waals surface area contributed by atoms with E-state index in [1.807, 2.05) is 32.0 Å². The van der Waals surface area contributed by atoms with Crippen molar-refractivity contribution in [1.29, 1.82) is 0 Å². The van der Waals surface area contributed by atoms with Crippen LogP contribution in [0.2, 0.25) is 0 Å². The summed E-state index contributed by atoms with van der Waals surface area (Å²) >= 11 is -0.408. The molecule has 2 heterocycles. The number of nitrogens with zero attached hydrogens (tertiary/aromatic N) is 2. The number of hydrogen-bond donors (Lipinski definition) is 1. The minimum absolute atomic E-state index is 0.00195. The van der Waals surface area contributed by atoms with E-state index in [1.165, 1.54) is 24.3 Å². The first-order valence-electron chi connectivity index (χ1n) is 14.1. The number of hydrogen-bond acceptors (Lipinski definition) is 4. The molecule has 5 aromatic rings. The number of alkyl halides is 6. The molecule has 0 fully saturated rings. The summed E-state index contributed by atoms with van der Waals surface area (Å²) in [6, 6.07) is 19.1. The Hall–Kier alpha value is -3.89. The molecule has 0 spiro atoms. The molecule has 0 bridgehead atoms. The van der Waals surface area contributed by atoms with Crippen LogP contribution in [0.15, 0.2) is 85.1 Å². The third-order valence-corrected chi connectivity index (χ3v) is 13.2. The molecular weight excluding hydrogens is 756 g/mol. The van der Waals surface area contributed by atoms with E-state index in [1.54, 1.807) is 18.3 Å². The molecule has 3 aromatic carbocycles. The molecule has 5 nitrogen and oxygen atoms in total. The number of carbonyl (C=O) groups is 1. The summed E-state index contributed by atoms with van der Waals surface area (Å²) in [6.45, 7) is 3.28. The monoisotopic (exact) mass is 784 g/mol. The number of benzene rings is 3. The zero-order valence-corrected chi connectivity index (χ0v) is 28.2. The maximum absolute atomic E-state index is 13.1. The van der Waals surface area contributed by atoms with E-state index in [-0.39, 0.29) is 34.3 Å². The van der Waals surface area contributed by atoms with Crippen LogP contribution < -0.4 is 9.20 Å². The Kier molecular flexibility index (Phi) is 10.3. The first-order chi connectivity index (χ1) is 22.2. The molecule has 0 aliphatic carbocycles. The van der Waals surface area contributed by atoms with Gasteiger partial charge < -0.3 is 0 Å². The van der Waals surface area contributed by atoms with Gasteiger partial charge in [-0.1, -0.05) is 0 Å². The van der Waals surface area contributed by atoms with Gasteiger partial charge in [-0.3, -0.25) is 0 Å². The Morgan fingerprint density at radius 1 is 0.872 bits per heavy atom. The number of ether oxygens (including phenoxy) is 1. The van der Waals surface area contributed by atoms with E-state index in [0.717, 1.165) is 54.6 Å². The van der Waals surface area contributed by atoms with E-state index < -0.39 is 36.1 Å². The zero-order valence-electron chi connectivity index (χ0n) is 24.8.